The minimum absolute atomic E-state index is 0.00775. The van der Waals surface area contributed by atoms with Crippen LogP contribution in [0.1, 0.15) is 41.0 Å². The fourth-order valence-corrected chi connectivity index (χ4v) is 2.97. The van der Waals surface area contributed by atoms with Gasteiger partial charge >= 0.3 is 0 Å². The molecule has 2 aromatic rings. The highest BCUT2D eigenvalue weighted by Gasteiger charge is 2.32. The largest absolute Gasteiger partial charge is 0.361 e. The first-order chi connectivity index (χ1) is 11.1. The summed E-state index contributed by atoms with van der Waals surface area (Å²) in [6.45, 7) is 2.69. The molecule has 1 unspecified atom stereocenters. The zero-order chi connectivity index (χ0) is 16.4. The molecule has 1 aliphatic rings. The van der Waals surface area contributed by atoms with Crippen molar-refractivity contribution in [1.82, 2.24) is 4.90 Å². The van der Waals surface area contributed by atoms with E-state index in [0.29, 0.717) is 22.7 Å². The van der Waals surface area contributed by atoms with Crippen LogP contribution in [0.5, 0.6) is 0 Å². The number of carbonyl (C=O) groups excluding carboxylic acids is 1. The Labute approximate surface area is 140 Å². The van der Waals surface area contributed by atoms with Crippen LogP contribution in [0.4, 0.5) is 5.69 Å². The van der Waals surface area contributed by atoms with Crippen LogP contribution in [0, 0.1) is 11.3 Å². The molecule has 1 aliphatic heterocycles. The third kappa shape index (κ3) is 2.88. The Morgan fingerprint density at radius 2 is 2.00 bits per heavy atom. The third-order valence-corrected chi connectivity index (χ3v) is 4.13. The van der Waals surface area contributed by atoms with Gasteiger partial charge in [0, 0.05) is 11.6 Å². The molecule has 0 aromatic heterocycles. The van der Waals surface area contributed by atoms with Gasteiger partial charge in [-0.05, 0) is 42.3 Å². The SMILES string of the molecule is CCCN1C(=O)c2ccc(Cl)cc2NC1c1ccc(C#N)cc1. The topological polar surface area (TPSA) is 56.1 Å². The Kier molecular flexibility index (Phi) is 4.22. The fourth-order valence-electron chi connectivity index (χ4n) is 2.79. The number of amides is 1. The Morgan fingerprint density at radius 3 is 2.65 bits per heavy atom. The zero-order valence-electron chi connectivity index (χ0n) is 12.7. The predicted octanol–water partition coefficient (Wildman–Crippen LogP) is 4.19. The molecule has 0 radical (unpaired) electrons. The second-order valence-corrected chi connectivity index (χ2v) is 5.91. The van der Waals surface area contributed by atoms with Gasteiger partial charge in [-0.15, -0.1) is 0 Å². The van der Waals surface area contributed by atoms with Crippen molar-refractivity contribution in [3.63, 3.8) is 0 Å². The molecule has 5 heteroatoms. The molecule has 1 atom stereocenters. The first-order valence-corrected chi connectivity index (χ1v) is 7.89. The van der Waals surface area contributed by atoms with Crippen LogP contribution in [0.3, 0.4) is 0 Å². The van der Waals surface area contributed by atoms with Crippen molar-refractivity contribution < 1.29 is 4.79 Å². The van der Waals surface area contributed by atoms with E-state index >= 15 is 0 Å². The van der Waals surface area contributed by atoms with E-state index in [4.69, 9.17) is 16.9 Å². The second kappa shape index (κ2) is 6.31. The average molecular weight is 326 g/mol. The second-order valence-electron chi connectivity index (χ2n) is 5.47. The van der Waals surface area contributed by atoms with E-state index in [-0.39, 0.29) is 12.1 Å². The van der Waals surface area contributed by atoms with Gasteiger partial charge in [0.2, 0.25) is 0 Å². The van der Waals surface area contributed by atoms with Crippen molar-refractivity contribution in [3.8, 4) is 6.07 Å². The van der Waals surface area contributed by atoms with Crippen LogP contribution in [-0.2, 0) is 0 Å². The van der Waals surface area contributed by atoms with Crippen LogP contribution in [0.15, 0.2) is 42.5 Å². The number of hydrogen-bond donors (Lipinski definition) is 1. The summed E-state index contributed by atoms with van der Waals surface area (Å²) in [5.74, 6) is -0.00775. The molecule has 23 heavy (non-hydrogen) atoms. The van der Waals surface area contributed by atoms with Gasteiger partial charge < -0.3 is 10.2 Å². The van der Waals surface area contributed by atoms with Gasteiger partial charge in [-0.25, -0.2) is 0 Å². The van der Waals surface area contributed by atoms with Gasteiger partial charge in [0.25, 0.3) is 5.91 Å². The lowest BCUT2D eigenvalue weighted by Crippen LogP contribution is -2.43. The Bertz CT molecular complexity index is 780. The first kappa shape index (κ1) is 15.4. The lowest BCUT2D eigenvalue weighted by atomic mass is 10.0. The van der Waals surface area contributed by atoms with Crippen molar-refractivity contribution in [3.05, 3.63) is 64.2 Å². The molecule has 0 fully saturated rings. The van der Waals surface area contributed by atoms with Crippen LogP contribution in [-0.4, -0.2) is 17.4 Å². The Morgan fingerprint density at radius 1 is 1.26 bits per heavy atom. The van der Waals surface area contributed by atoms with E-state index in [9.17, 15) is 4.79 Å². The lowest BCUT2D eigenvalue weighted by molar-refractivity contribution is 0.0683. The molecule has 0 saturated heterocycles. The van der Waals surface area contributed by atoms with Crippen LogP contribution >= 0.6 is 11.6 Å². The van der Waals surface area contributed by atoms with E-state index in [1.165, 1.54) is 0 Å². The van der Waals surface area contributed by atoms with E-state index in [1.54, 1.807) is 30.3 Å². The van der Waals surface area contributed by atoms with Gasteiger partial charge in [0.05, 0.1) is 22.9 Å². The normalized spacial score (nSPS) is 16.5. The van der Waals surface area contributed by atoms with E-state index in [2.05, 4.69) is 11.4 Å². The first-order valence-electron chi connectivity index (χ1n) is 7.51. The van der Waals surface area contributed by atoms with Gasteiger partial charge in [-0.3, -0.25) is 4.79 Å². The molecule has 3 rings (SSSR count). The summed E-state index contributed by atoms with van der Waals surface area (Å²) in [4.78, 5) is 14.6. The van der Waals surface area contributed by atoms with Crippen LogP contribution in [0.25, 0.3) is 0 Å². The highest BCUT2D eigenvalue weighted by Crippen LogP contribution is 2.34. The molecule has 0 saturated carbocycles. The molecular weight excluding hydrogens is 310 g/mol. The maximum atomic E-state index is 12.8. The van der Waals surface area contributed by atoms with Crippen molar-refractivity contribution in [1.29, 1.82) is 5.26 Å². The monoisotopic (exact) mass is 325 g/mol. The third-order valence-electron chi connectivity index (χ3n) is 3.90. The summed E-state index contributed by atoms with van der Waals surface area (Å²) in [5, 5.41) is 12.9. The number of nitrogens with zero attached hydrogens (tertiary/aromatic N) is 2. The van der Waals surface area contributed by atoms with Crippen molar-refractivity contribution >= 4 is 23.2 Å². The summed E-state index contributed by atoms with van der Waals surface area (Å²) < 4.78 is 0. The molecule has 4 nitrogen and oxygen atoms in total. The molecule has 0 spiro atoms. The summed E-state index contributed by atoms with van der Waals surface area (Å²) in [6.07, 6.45) is 0.601. The van der Waals surface area contributed by atoms with Gasteiger partial charge in [-0.2, -0.15) is 5.26 Å². The van der Waals surface area contributed by atoms with E-state index < -0.39 is 0 Å². The smallest absolute Gasteiger partial charge is 0.257 e. The minimum atomic E-state index is -0.263. The van der Waals surface area contributed by atoms with E-state index in [1.807, 2.05) is 24.0 Å². The highest BCUT2D eigenvalue weighted by atomic mass is 35.5. The number of carbonyl (C=O) groups is 1. The maximum absolute atomic E-state index is 12.8. The Hall–Kier alpha value is -2.51. The van der Waals surface area contributed by atoms with Gasteiger partial charge in [0.15, 0.2) is 0 Å². The van der Waals surface area contributed by atoms with E-state index in [0.717, 1.165) is 17.7 Å². The predicted molar refractivity (Wildman–Crippen MR) is 90.3 cm³/mol. The summed E-state index contributed by atoms with van der Waals surface area (Å²) in [6, 6.07) is 14.6. The zero-order valence-corrected chi connectivity index (χ0v) is 13.5. The number of rotatable bonds is 3. The van der Waals surface area contributed by atoms with Gasteiger partial charge in [0.1, 0.15) is 6.17 Å². The fraction of sp³-hybridized carbons (Fsp3) is 0.222. The number of fused-ring (bicyclic) bond motifs is 1. The standard InChI is InChI=1S/C18H16ClN3O/c1-2-9-22-17(13-5-3-12(11-20)4-6-13)21-16-10-14(19)7-8-15(16)18(22)23/h3-8,10,17,21H,2,9H2,1H3. The number of hydrogen-bond acceptors (Lipinski definition) is 3. The molecule has 0 aliphatic carbocycles. The molecule has 1 heterocycles. The number of nitrogens with one attached hydrogen (secondary N) is 1. The van der Waals surface area contributed by atoms with Crippen LogP contribution in [0.2, 0.25) is 5.02 Å². The minimum Gasteiger partial charge on any atom is -0.361 e. The summed E-state index contributed by atoms with van der Waals surface area (Å²) in [7, 11) is 0. The summed E-state index contributed by atoms with van der Waals surface area (Å²) in [5.41, 5.74) is 2.91. The molecule has 0 bridgehead atoms. The van der Waals surface area contributed by atoms with Crippen molar-refractivity contribution in [2.75, 3.05) is 11.9 Å². The highest BCUT2D eigenvalue weighted by molar-refractivity contribution is 6.31. The maximum Gasteiger partial charge on any atom is 0.257 e. The number of nitriles is 1. The number of anilines is 1. The Balaban J connectivity index is 2.03. The van der Waals surface area contributed by atoms with Crippen molar-refractivity contribution in [2.45, 2.75) is 19.5 Å². The molecule has 116 valence electrons. The van der Waals surface area contributed by atoms with Gasteiger partial charge in [-0.1, -0.05) is 30.7 Å². The molecule has 1 N–H and O–H groups in total. The molecule has 2 aromatic carbocycles. The summed E-state index contributed by atoms with van der Waals surface area (Å²) >= 11 is 6.05. The lowest BCUT2D eigenvalue weighted by Gasteiger charge is -2.38. The van der Waals surface area contributed by atoms with Crippen LogP contribution < -0.4 is 5.32 Å². The quantitative estimate of drug-likeness (QED) is 0.920. The van der Waals surface area contributed by atoms with Crippen molar-refractivity contribution in [2.24, 2.45) is 0 Å². The molecule has 1 amide bonds. The molecular formula is C18H16ClN3O. The average Bonchev–Trinajstić information content (AvgIpc) is 2.57. The number of benzene rings is 2. The number of halogens is 1.